The topological polar surface area (TPSA) is 93.2 Å². The van der Waals surface area contributed by atoms with Crippen molar-refractivity contribution in [1.82, 2.24) is 15.5 Å². The fourth-order valence-corrected chi connectivity index (χ4v) is 3.34. The van der Waals surface area contributed by atoms with Gasteiger partial charge in [0.15, 0.2) is 4.34 Å². The predicted octanol–water partition coefficient (Wildman–Crippen LogP) is 2.40. The first-order valence-electron chi connectivity index (χ1n) is 7.94. The van der Waals surface area contributed by atoms with Gasteiger partial charge in [0.25, 0.3) is 0 Å². The van der Waals surface area contributed by atoms with E-state index >= 15 is 0 Å². The smallest absolute Gasteiger partial charge is 0.328 e. The molecule has 136 valence electrons. The summed E-state index contributed by atoms with van der Waals surface area (Å²) in [5.74, 6) is 0.0793. The molecular formula is C15H26N4O3S2. The molecule has 1 rings (SSSR count). The maximum Gasteiger partial charge on any atom is 0.328 e. The fraction of sp³-hybridized carbons (Fsp3) is 0.733. The van der Waals surface area contributed by atoms with Gasteiger partial charge >= 0.3 is 5.97 Å². The van der Waals surface area contributed by atoms with Crippen LogP contribution in [0.4, 0.5) is 5.13 Å². The van der Waals surface area contributed by atoms with E-state index in [1.165, 1.54) is 30.2 Å². The number of carbonyl (C=O) groups is 2. The van der Waals surface area contributed by atoms with Gasteiger partial charge in [0.05, 0.1) is 12.9 Å². The number of esters is 1. The second-order valence-corrected chi connectivity index (χ2v) is 8.09. The second kappa shape index (κ2) is 10.5. The SMILES string of the molecule is CC[C@@H](C)[C@H](NC(=O)CSc1nnc(NCC(C)C)s1)C(=O)OC. The van der Waals surface area contributed by atoms with Crippen molar-refractivity contribution < 1.29 is 14.3 Å². The van der Waals surface area contributed by atoms with Crippen molar-refractivity contribution in [3.05, 3.63) is 0 Å². The zero-order chi connectivity index (χ0) is 18.1. The Hall–Kier alpha value is -1.35. The number of aromatic nitrogens is 2. The summed E-state index contributed by atoms with van der Waals surface area (Å²) in [6, 6.07) is -0.620. The van der Waals surface area contributed by atoms with E-state index in [2.05, 4.69) is 34.7 Å². The molecule has 2 N–H and O–H groups in total. The number of nitrogens with one attached hydrogen (secondary N) is 2. The molecule has 2 atom stereocenters. The second-order valence-electron chi connectivity index (χ2n) is 5.89. The third-order valence-corrected chi connectivity index (χ3v) is 5.39. The Kier molecular flexibility index (Phi) is 9.05. The minimum atomic E-state index is -0.620. The Morgan fingerprint density at radius 3 is 2.58 bits per heavy atom. The Morgan fingerprint density at radius 2 is 2.00 bits per heavy atom. The average molecular weight is 375 g/mol. The molecule has 0 saturated carbocycles. The summed E-state index contributed by atoms with van der Waals surface area (Å²) in [5, 5.41) is 14.8. The molecule has 1 aromatic heterocycles. The Labute approximate surface area is 151 Å². The molecule has 0 aliphatic heterocycles. The molecule has 0 aliphatic rings. The first kappa shape index (κ1) is 20.7. The monoisotopic (exact) mass is 374 g/mol. The van der Waals surface area contributed by atoms with E-state index in [0.29, 0.717) is 5.92 Å². The van der Waals surface area contributed by atoms with Crippen molar-refractivity contribution in [2.24, 2.45) is 11.8 Å². The highest BCUT2D eigenvalue weighted by atomic mass is 32.2. The molecule has 7 nitrogen and oxygen atoms in total. The predicted molar refractivity (Wildman–Crippen MR) is 97.4 cm³/mol. The minimum absolute atomic E-state index is 0.0137. The van der Waals surface area contributed by atoms with Gasteiger partial charge in [-0.25, -0.2) is 4.79 Å². The lowest BCUT2D eigenvalue weighted by Gasteiger charge is -2.21. The van der Waals surface area contributed by atoms with Crippen molar-refractivity contribution in [3.8, 4) is 0 Å². The number of ether oxygens (including phenoxy) is 1. The van der Waals surface area contributed by atoms with E-state index in [-0.39, 0.29) is 17.6 Å². The van der Waals surface area contributed by atoms with Crippen molar-refractivity contribution in [2.45, 2.75) is 44.5 Å². The van der Waals surface area contributed by atoms with Crippen LogP contribution in [-0.4, -0.2) is 47.5 Å². The minimum Gasteiger partial charge on any atom is -0.467 e. The lowest BCUT2D eigenvalue weighted by Crippen LogP contribution is -2.46. The molecule has 0 unspecified atom stereocenters. The molecule has 9 heteroatoms. The van der Waals surface area contributed by atoms with Crippen LogP contribution in [0, 0.1) is 11.8 Å². The largest absolute Gasteiger partial charge is 0.467 e. The van der Waals surface area contributed by atoms with E-state index in [1.54, 1.807) is 0 Å². The molecule has 0 radical (unpaired) electrons. The molecule has 1 amide bonds. The van der Waals surface area contributed by atoms with Crippen LogP contribution < -0.4 is 10.6 Å². The van der Waals surface area contributed by atoms with Crippen LogP contribution >= 0.6 is 23.1 Å². The van der Waals surface area contributed by atoms with Gasteiger partial charge in [-0.05, 0) is 11.8 Å². The van der Waals surface area contributed by atoms with Crippen LogP contribution in [0.3, 0.4) is 0 Å². The van der Waals surface area contributed by atoms with Gasteiger partial charge in [-0.1, -0.05) is 57.2 Å². The van der Waals surface area contributed by atoms with Gasteiger partial charge in [0, 0.05) is 6.54 Å². The average Bonchev–Trinajstić information content (AvgIpc) is 3.02. The number of amides is 1. The maximum atomic E-state index is 12.1. The zero-order valence-electron chi connectivity index (χ0n) is 14.8. The molecule has 0 spiro atoms. The molecule has 0 aliphatic carbocycles. The first-order chi connectivity index (χ1) is 11.4. The van der Waals surface area contributed by atoms with E-state index < -0.39 is 12.0 Å². The highest BCUT2D eigenvalue weighted by Gasteiger charge is 2.26. The Morgan fingerprint density at radius 1 is 1.29 bits per heavy atom. The molecule has 1 heterocycles. The van der Waals surface area contributed by atoms with Gasteiger partial charge in [0.1, 0.15) is 6.04 Å². The maximum absolute atomic E-state index is 12.1. The van der Waals surface area contributed by atoms with Gasteiger partial charge < -0.3 is 15.4 Å². The standard InChI is InChI=1S/C15H26N4O3S2/c1-6-10(4)12(13(21)22-5)17-11(20)8-23-15-19-18-14(24-15)16-7-9(2)3/h9-10,12H,6-8H2,1-5H3,(H,16,18)(H,17,20)/t10-,12+/m1/s1. The number of methoxy groups -OCH3 is 1. The summed E-state index contributed by atoms with van der Waals surface area (Å²) in [6.07, 6.45) is 0.772. The summed E-state index contributed by atoms with van der Waals surface area (Å²) >= 11 is 2.72. The third kappa shape index (κ3) is 7.04. The van der Waals surface area contributed by atoms with Gasteiger partial charge in [-0.3, -0.25) is 4.79 Å². The Balaban J connectivity index is 2.48. The molecule has 0 fully saturated rings. The van der Waals surface area contributed by atoms with Gasteiger partial charge in [0.2, 0.25) is 11.0 Å². The molecule has 24 heavy (non-hydrogen) atoms. The lowest BCUT2D eigenvalue weighted by atomic mass is 9.99. The summed E-state index contributed by atoms with van der Waals surface area (Å²) in [5.41, 5.74) is 0. The van der Waals surface area contributed by atoms with Gasteiger partial charge in [-0.15, -0.1) is 10.2 Å². The fourth-order valence-electron chi connectivity index (χ4n) is 1.77. The molecule has 0 aromatic carbocycles. The molecule has 0 saturated heterocycles. The van der Waals surface area contributed by atoms with E-state index in [9.17, 15) is 9.59 Å². The van der Waals surface area contributed by atoms with E-state index in [4.69, 9.17) is 4.74 Å². The van der Waals surface area contributed by atoms with Crippen LogP contribution in [0.5, 0.6) is 0 Å². The number of carbonyl (C=O) groups excluding carboxylic acids is 2. The summed E-state index contributed by atoms with van der Waals surface area (Å²) in [7, 11) is 1.32. The number of anilines is 1. The Bertz CT molecular complexity index is 537. The molecule has 0 bridgehead atoms. The van der Waals surface area contributed by atoms with Crippen molar-refractivity contribution >= 4 is 40.1 Å². The number of hydrogen-bond acceptors (Lipinski definition) is 8. The van der Waals surface area contributed by atoms with E-state index in [1.807, 2.05) is 13.8 Å². The van der Waals surface area contributed by atoms with Crippen LogP contribution in [0.25, 0.3) is 0 Å². The van der Waals surface area contributed by atoms with Gasteiger partial charge in [-0.2, -0.15) is 0 Å². The number of hydrogen-bond donors (Lipinski definition) is 2. The lowest BCUT2D eigenvalue weighted by molar-refractivity contribution is -0.146. The van der Waals surface area contributed by atoms with Crippen LogP contribution in [0.1, 0.15) is 34.1 Å². The highest BCUT2D eigenvalue weighted by Crippen LogP contribution is 2.25. The van der Waals surface area contributed by atoms with Crippen LogP contribution in [0.15, 0.2) is 4.34 Å². The number of nitrogens with zero attached hydrogens (tertiary/aromatic N) is 2. The van der Waals surface area contributed by atoms with Crippen molar-refractivity contribution in [1.29, 1.82) is 0 Å². The summed E-state index contributed by atoms with van der Waals surface area (Å²) in [4.78, 5) is 23.9. The molecule has 1 aromatic rings. The highest BCUT2D eigenvalue weighted by molar-refractivity contribution is 8.01. The summed E-state index contributed by atoms with van der Waals surface area (Å²) < 4.78 is 5.48. The van der Waals surface area contributed by atoms with Crippen molar-refractivity contribution in [2.75, 3.05) is 24.7 Å². The first-order valence-corrected chi connectivity index (χ1v) is 9.74. The number of thioether (sulfide) groups is 1. The summed E-state index contributed by atoms with van der Waals surface area (Å²) in [6.45, 7) is 8.93. The molecular weight excluding hydrogens is 348 g/mol. The van der Waals surface area contributed by atoms with Crippen LogP contribution in [0.2, 0.25) is 0 Å². The number of rotatable bonds is 10. The third-order valence-electron chi connectivity index (χ3n) is 3.38. The normalized spacial score (nSPS) is 13.4. The zero-order valence-corrected chi connectivity index (χ0v) is 16.4. The van der Waals surface area contributed by atoms with E-state index in [0.717, 1.165) is 22.4 Å². The van der Waals surface area contributed by atoms with Crippen LogP contribution in [-0.2, 0) is 14.3 Å². The quantitative estimate of drug-likeness (QED) is 0.480. The van der Waals surface area contributed by atoms with Crippen molar-refractivity contribution in [3.63, 3.8) is 0 Å².